The van der Waals surface area contributed by atoms with Gasteiger partial charge in [-0.1, -0.05) is 54.1 Å². The minimum atomic E-state index is -0.232. The number of pyridine rings is 1. The van der Waals surface area contributed by atoms with E-state index in [4.69, 9.17) is 5.73 Å². The summed E-state index contributed by atoms with van der Waals surface area (Å²) in [6, 6.07) is 22.2. The van der Waals surface area contributed by atoms with Gasteiger partial charge in [0.2, 0.25) is 5.91 Å². The normalized spacial score (nSPS) is 11.4. The van der Waals surface area contributed by atoms with Crippen molar-refractivity contribution in [3.05, 3.63) is 81.9 Å². The number of benzene rings is 2. The number of hydrogen-bond donors (Lipinski definition) is 2. The molecule has 1 amide bonds. The molecule has 0 saturated heterocycles. The summed E-state index contributed by atoms with van der Waals surface area (Å²) < 4.78 is 0. The van der Waals surface area contributed by atoms with E-state index >= 15 is 0 Å². The Morgan fingerprint density at radius 1 is 1.03 bits per heavy atom. The molecule has 2 heterocycles. The number of nitrogen functional groups attached to an aromatic ring is 1. The van der Waals surface area contributed by atoms with Gasteiger partial charge in [-0.2, -0.15) is 15.8 Å². The fraction of sp³-hybridized carbons (Fsp3) is 0.167. The monoisotopic (exact) mass is 546 g/mol. The number of rotatable bonds is 6. The van der Waals surface area contributed by atoms with E-state index < -0.39 is 0 Å². The first kappa shape index (κ1) is 26.0. The Hall–Kier alpha value is -4.62. The van der Waals surface area contributed by atoms with Gasteiger partial charge in [0, 0.05) is 22.6 Å². The lowest BCUT2D eigenvalue weighted by molar-refractivity contribution is -0.115. The highest BCUT2D eigenvalue weighted by Crippen LogP contribution is 2.45. The number of nitrogens with zero attached hydrogens (tertiary/aromatic N) is 4. The van der Waals surface area contributed by atoms with Gasteiger partial charge in [0.1, 0.15) is 39.6 Å². The number of thiophene rings is 1. The van der Waals surface area contributed by atoms with E-state index in [0.29, 0.717) is 32.5 Å². The second-order valence-electron chi connectivity index (χ2n) is 9.05. The molecular formula is C30H22N6OS2. The van der Waals surface area contributed by atoms with Gasteiger partial charge < -0.3 is 11.1 Å². The molecule has 0 unspecified atom stereocenters. The van der Waals surface area contributed by atoms with Gasteiger partial charge in [-0.15, -0.1) is 23.1 Å². The number of thioether (sulfide) groups is 1. The molecule has 1 aliphatic carbocycles. The molecule has 0 aliphatic heterocycles. The molecule has 39 heavy (non-hydrogen) atoms. The second kappa shape index (κ2) is 11.0. The zero-order valence-electron chi connectivity index (χ0n) is 21.0. The second-order valence-corrected chi connectivity index (χ2v) is 11.2. The molecule has 4 aromatic rings. The topological polar surface area (TPSA) is 139 Å². The van der Waals surface area contributed by atoms with Crippen LogP contribution in [0.2, 0.25) is 0 Å². The third kappa shape index (κ3) is 4.96. The van der Waals surface area contributed by atoms with Crippen LogP contribution in [0.4, 0.5) is 10.8 Å². The van der Waals surface area contributed by atoms with Crippen LogP contribution < -0.4 is 11.1 Å². The van der Waals surface area contributed by atoms with E-state index in [2.05, 4.69) is 40.6 Å². The number of nitriles is 3. The summed E-state index contributed by atoms with van der Waals surface area (Å²) in [5.74, 6) is 0.147. The van der Waals surface area contributed by atoms with Gasteiger partial charge >= 0.3 is 0 Å². The minimum absolute atomic E-state index is 0.0436. The molecule has 0 saturated carbocycles. The summed E-state index contributed by atoms with van der Waals surface area (Å²) in [5.41, 5.74) is 12.6. The van der Waals surface area contributed by atoms with Crippen molar-refractivity contribution in [2.75, 3.05) is 16.8 Å². The number of aryl methyl sites for hydroxylation is 2. The maximum absolute atomic E-state index is 12.9. The molecule has 190 valence electrons. The van der Waals surface area contributed by atoms with E-state index in [0.717, 1.165) is 34.4 Å². The molecule has 2 aromatic carbocycles. The van der Waals surface area contributed by atoms with Crippen molar-refractivity contribution in [2.45, 2.75) is 31.2 Å². The zero-order valence-corrected chi connectivity index (χ0v) is 22.7. The van der Waals surface area contributed by atoms with Gasteiger partial charge in [-0.3, -0.25) is 4.79 Å². The molecule has 5 rings (SSSR count). The molecule has 0 atom stereocenters. The van der Waals surface area contributed by atoms with Crippen LogP contribution in [0.1, 0.15) is 39.8 Å². The summed E-state index contributed by atoms with van der Waals surface area (Å²) in [7, 11) is 0. The Kier molecular flexibility index (Phi) is 7.34. The highest BCUT2D eigenvalue weighted by atomic mass is 32.2. The third-order valence-electron chi connectivity index (χ3n) is 6.60. The fourth-order valence-corrected chi connectivity index (χ4v) is 6.90. The van der Waals surface area contributed by atoms with Crippen LogP contribution in [0, 0.1) is 40.9 Å². The molecule has 0 radical (unpaired) electrons. The molecular weight excluding hydrogens is 525 g/mol. The highest BCUT2D eigenvalue weighted by molar-refractivity contribution is 7.99. The Labute approximate surface area is 234 Å². The van der Waals surface area contributed by atoms with Crippen LogP contribution in [0.15, 0.2) is 53.6 Å². The predicted octanol–water partition coefficient (Wildman–Crippen LogP) is 6.20. The number of carbonyl (C=O) groups is 1. The van der Waals surface area contributed by atoms with Crippen molar-refractivity contribution < 1.29 is 4.79 Å². The van der Waals surface area contributed by atoms with Crippen LogP contribution in [0.3, 0.4) is 0 Å². The van der Waals surface area contributed by atoms with Gasteiger partial charge in [0.25, 0.3) is 0 Å². The number of anilines is 2. The van der Waals surface area contributed by atoms with Crippen molar-refractivity contribution in [1.29, 1.82) is 15.8 Å². The van der Waals surface area contributed by atoms with Gasteiger partial charge in [0.15, 0.2) is 0 Å². The average molecular weight is 547 g/mol. The van der Waals surface area contributed by atoms with E-state index in [-0.39, 0.29) is 29.3 Å². The summed E-state index contributed by atoms with van der Waals surface area (Å²) in [6.07, 6.45) is 1.77. The number of hydrogen-bond acceptors (Lipinski definition) is 8. The molecule has 9 heteroatoms. The fourth-order valence-electron chi connectivity index (χ4n) is 4.69. The quantitative estimate of drug-likeness (QED) is 0.274. The summed E-state index contributed by atoms with van der Waals surface area (Å²) in [4.78, 5) is 18.2. The number of carbonyl (C=O) groups excluding carboxylic acids is 1. The summed E-state index contributed by atoms with van der Waals surface area (Å²) >= 11 is 2.67. The van der Waals surface area contributed by atoms with Crippen molar-refractivity contribution in [3.8, 4) is 39.8 Å². The van der Waals surface area contributed by atoms with Crippen molar-refractivity contribution in [1.82, 2.24) is 4.98 Å². The molecule has 0 fully saturated rings. The van der Waals surface area contributed by atoms with Crippen molar-refractivity contribution in [3.63, 3.8) is 0 Å². The maximum Gasteiger partial charge on any atom is 0.225 e. The third-order valence-corrected chi connectivity index (χ3v) is 8.76. The molecule has 0 spiro atoms. The van der Waals surface area contributed by atoms with Gasteiger partial charge in [-0.05, 0) is 42.0 Å². The van der Waals surface area contributed by atoms with Crippen LogP contribution in [-0.4, -0.2) is 16.6 Å². The van der Waals surface area contributed by atoms with Gasteiger partial charge in [0.05, 0.1) is 11.1 Å². The Morgan fingerprint density at radius 2 is 1.74 bits per heavy atom. The molecule has 3 N–H and O–H groups in total. The van der Waals surface area contributed by atoms with Crippen LogP contribution in [0.5, 0.6) is 0 Å². The SMILES string of the molecule is Cc1ccc(-c2c(C#N)c(N)nc(SCCC(=O)Nc3sc4c(c3C#N)CCc3ccccc3-4)c2C#N)cc1. The number of aromatic nitrogens is 1. The Morgan fingerprint density at radius 3 is 2.46 bits per heavy atom. The molecule has 0 bridgehead atoms. The summed E-state index contributed by atoms with van der Waals surface area (Å²) in [5, 5.41) is 33.4. The van der Waals surface area contributed by atoms with E-state index in [9.17, 15) is 20.6 Å². The first-order valence-electron chi connectivity index (χ1n) is 12.2. The van der Waals surface area contributed by atoms with Crippen LogP contribution in [0.25, 0.3) is 21.6 Å². The smallest absolute Gasteiger partial charge is 0.225 e. The Balaban J connectivity index is 1.34. The first-order chi connectivity index (χ1) is 18.9. The Bertz CT molecular complexity index is 1740. The maximum atomic E-state index is 12.9. The largest absolute Gasteiger partial charge is 0.383 e. The minimum Gasteiger partial charge on any atom is -0.383 e. The van der Waals surface area contributed by atoms with Crippen molar-refractivity contribution >= 4 is 39.8 Å². The molecule has 7 nitrogen and oxygen atoms in total. The summed E-state index contributed by atoms with van der Waals surface area (Å²) in [6.45, 7) is 1.96. The standard InChI is InChI=1S/C30H22N6OS2/c1-17-6-8-19(9-7-17)26-23(15-32)28(34)36-29(24(26)16-33)38-13-12-25(37)35-30-22(14-31)21-11-10-18-4-2-3-5-20(18)27(21)39-30/h2-9H,10-13H2,1H3,(H2,34,36)(H,35,37). The van der Waals surface area contributed by atoms with Crippen LogP contribution in [-0.2, 0) is 17.6 Å². The lowest BCUT2D eigenvalue weighted by Gasteiger charge is -2.15. The van der Waals surface area contributed by atoms with E-state index in [1.165, 1.54) is 28.7 Å². The lowest BCUT2D eigenvalue weighted by Crippen LogP contribution is -2.12. The van der Waals surface area contributed by atoms with E-state index in [1.807, 2.05) is 43.3 Å². The van der Waals surface area contributed by atoms with Crippen molar-refractivity contribution in [2.24, 2.45) is 0 Å². The highest BCUT2D eigenvalue weighted by Gasteiger charge is 2.25. The van der Waals surface area contributed by atoms with E-state index in [1.54, 1.807) is 0 Å². The zero-order chi connectivity index (χ0) is 27.5. The molecule has 1 aliphatic rings. The van der Waals surface area contributed by atoms with Crippen LogP contribution >= 0.6 is 23.1 Å². The number of amides is 1. The first-order valence-corrected chi connectivity index (χ1v) is 14.0. The number of nitrogens with one attached hydrogen (secondary N) is 1. The van der Waals surface area contributed by atoms with Gasteiger partial charge in [-0.25, -0.2) is 4.98 Å². The average Bonchev–Trinajstić information content (AvgIpc) is 3.30. The lowest BCUT2D eigenvalue weighted by atomic mass is 9.90. The predicted molar refractivity (Wildman–Crippen MR) is 154 cm³/mol. The molecule has 2 aromatic heterocycles. The number of nitrogens with two attached hydrogens (primary N) is 1. The number of fused-ring (bicyclic) bond motifs is 3.